The van der Waals surface area contributed by atoms with E-state index in [1.165, 1.54) is 90.6 Å². The normalized spacial score (nSPS) is 13.7. The first kappa shape index (κ1) is 31.1. The van der Waals surface area contributed by atoms with Crippen molar-refractivity contribution in [3.8, 4) is 0 Å². The fraction of sp³-hybridized carbons (Fsp3) is 1.00. The zero-order chi connectivity index (χ0) is 23.0. The first-order valence-electron chi connectivity index (χ1n) is 13.1. The standard InChI is InChI=1S/C25H54NO4P/c1-5-6-7-8-9-10-11-12-13-14-15-16-17-18-22-29-23-19-20-25-31(27,28-4)30-24-21-26(2)3/h5-25H2,1-4H3. The molecule has 188 valence electrons. The van der Waals surface area contributed by atoms with Gasteiger partial charge in [0.1, 0.15) is 0 Å². The molecule has 0 aliphatic heterocycles. The molecule has 0 aromatic rings. The summed E-state index contributed by atoms with van der Waals surface area (Å²) in [5.74, 6) is 0. The van der Waals surface area contributed by atoms with Gasteiger partial charge in [0.05, 0.1) is 12.8 Å². The molecule has 0 aromatic carbocycles. The van der Waals surface area contributed by atoms with Crippen molar-refractivity contribution >= 4 is 7.60 Å². The van der Waals surface area contributed by atoms with E-state index >= 15 is 0 Å². The Balaban J connectivity index is 3.29. The van der Waals surface area contributed by atoms with E-state index in [4.69, 9.17) is 13.8 Å². The highest BCUT2D eigenvalue weighted by Crippen LogP contribution is 2.47. The van der Waals surface area contributed by atoms with Gasteiger partial charge in [0, 0.05) is 26.9 Å². The van der Waals surface area contributed by atoms with E-state index in [1.54, 1.807) is 0 Å². The van der Waals surface area contributed by atoms with Crippen molar-refractivity contribution in [1.29, 1.82) is 0 Å². The largest absolute Gasteiger partial charge is 0.381 e. The minimum absolute atomic E-state index is 0.438. The lowest BCUT2D eigenvalue weighted by Crippen LogP contribution is -2.18. The van der Waals surface area contributed by atoms with Crippen LogP contribution < -0.4 is 0 Å². The van der Waals surface area contributed by atoms with Gasteiger partial charge in [0.2, 0.25) is 0 Å². The van der Waals surface area contributed by atoms with Crippen LogP contribution in [-0.2, 0) is 18.3 Å². The average Bonchev–Trinajstić information content (AvgIpc) is 2.75. The molecule has 0 heterocycles. The lowest BCUT2D eigenvalue weighted by Gasteiger charge is -2.17. The van der Waals surface area contributed by atoms with Crippen LogP contribution >= 0.6 is 7.60 Å². The molecule has 0 amide bonds. The van der Waals surface area contributed by atoms with Crippen molar-refractivity contribution in [1.82, 2.24) is 4.90 Å². The van der Waals surface area contributed by atoms with Crippen LogP contribution in [0.5, 0.6) is 0 Å². The highest BCUT2D eigenvalue weighted by Gasteiger charge is 2.21. The van der Waals surface area contributed by atoms with Crippen LogP contribution in [0.3, 0.4) is 0 Å². The van der Waals surface area contributed by atoms with E-state index in [2.05, 4.69) is 6.92 Å². The monoisotopic (exact) mass is 463 g/mol. The van der Waals surface area contributed by atoms with Crippen LogP contribution in [0.25, 0.3) is 0 Å². The molecule has 0 radical (unpaired) electrons. The molecular weight excluding hydrogens is 409 g/mol. The van der Waals surface area contributed by atoms with Gasteiger partial charge in [-0.3, -0.25) is 4.57 Å². The van der Waals surface area contributed by atoms with E-state index < -0.39 is 7.60 Å². The third-order valence-electron chi connectivity index (χ3n) is 5.72. The Morgan fingerprint density at radius 3 is 1.55 bits per heavy atom. The predicted octanol–water partition coefficient (Wildman–Crippen LogP) is 7.68. The van der Waals surface area contributed by atoms with Crippen LogP contribution in [0.2, 0.25) is 0 Å². The number of ether oxygens (including phenoxy) is 1. The summed E-state index contributed by atoms with van der Waals surface area (Å²) in [5, 5.41) is 0. The van der Waals surface area contributed by atoms with Crippen LogP contribution in [0, 0.1) is 0 Å². The van der Waals surface area contributed by atoms with E-state index in [0.717, 1.165) is 39.0 Å². The molecule has 0 aliphatic rings. The van der Waals surface area contributed by atoms with Crippen LogP contribution in [0.15, 0.2) is 0 Å². The van der Waals surface area contributed by atoms with Crippen LogP contribution in [0.4, 0.5) is 0 Å². The number of nitrogens with zero attached hydrogens (tertiary/aromatic N) is 1. The molecule has 5 nitrogen and oxygen atoms in total. The van der Waals surface area contributed by atoms with Crippen molar-refractivity contribution < 1.29 is 18.3 Å². The molecular formula is C25H54NO4P. The molecule has 0 fully saturated rings. The second-order valence-electron chi connectivity index (χ2n) is 9.07. The van der Waals surface area contributed by atoms with Crippen LogP contribution in [0.1, 0.15) is 110 Å². The van der Waals surface area contributed by atoms with Gasteiger partial charge in [-0.1, -0.05) is 90.4 Å². The minimum atomic E-state index is -2.93. The van der Waals surface area contributed by atoms with E-state index in [9.17, 15) is 4.57 Å². The second-order valence-corrected chi connectivity index (χ2v) is 11.4. The Kier molecular flexibility index (Phi) is 23.3. The number of unbranched alkanes of at least 4 members (excludes halogenated alkanes) is 14. The number of likely N-dealkylation sites (N-methyl/N-ethyl adjacent to an activating group) is 1. The highest BCUT2D eigenvalue weighted by molar-refractivity contribution is 7.53. The summed E-state index contributed by atoms with van der Waals surface area (Å²) in [4.78, 5) is 2.01. The van der Waals surface area contributed by atoms with Crippen molar-refractivity contribution in [3.05, 3.63) is 0 Å². The van der Waals surface area contributed by atoms with Gasteiger partial charge in [-0.25, -0.2) is 0 Å². The fourth-order valence-corrected chi connectivity index (χ4v) is 4.97. The Morgan fingerprint density at radius 1 is 0.645 bits per heavy atom. The molecule has 0 aliphatic carbocycles. The lowest BCUT2D eigenvalue weighted by molar-refractivity contribution is 0.126. The molecule has 0 N–H and O–H groups in total. The molecule has 0 aromatic heterocycles. The summed E-state index contributed by atoms with van der Waals surface area (Å²) in [7, 11) is 2.48. The Bertz CT molecular complexity index is 407. The van der Waals surface area contributed by atoms with E-state index in [-0.39, 0.29) is 0 Å². The summed E-state index contributed by atoms with van der Waals surface area (Å²) in [6.07, 6.45) is 21.5. The molecule has 6 heteroatoms. The summed E-state index contributed by atoms with van der Waals surface area (Å²) in [5.41, 5.74) is 0. The van der Waals surface area contributed by atoms with Gasteiger partial charge in [-0.05, 0) is 33.4 Å². The zero-order valence-electron chi connectivity index (χ0n) is 21.4. The summed E-state index contributed by atoms with van der Waals surface area (Å²) in [6, 6.07) is 0. The van der Waals surface area contributed by atoms with Crippen LogP contribution in [-0.4, -0.2) is 58.6 Å². The number of rotatable bonds is 25. The van der Waals surface area contributed by atoms with Crippen molar-refractivity contribution in [3.63, 3.8) is 0 Å². The third-order valence-corrected chi connectivity index (χ3v) is 7.71. The van der Waals surface area contributed by atoms with Gasteiger partial charge in [-0.15, -0.1) is 0 Å². The quantitative estimate of drug-likeness (QED) is 0.103. The molecule has 0 rings (SSSR count). The van der Waals surface area contributed by atoms with Gasteiger partial charge >= 0.3 is 7.60 Å². The van der Waals surface area contributed by atoms with Gasteiger partial charge in [0.15, 0.2) is 0 Å². The average molecular weight is 464 g/mol. The van der Waals surface area contributed by atoms with Gasteiger partial charge in [0.25, 0.3) is 0 Å². The number of hydrogen-bond acceptors (Lipinski definition) is 5. The second kappa shape index (κ2) is 23.2. The minimum Gasteiger partial charge on any atom is -0.381 e. The van der Waals surface area contributed by atoms with Crippen molar-refractivity contribution in [2.45, 2.75) is 110 Å². The van der Waals surface area contributed by atoms with Crippen molar-refractivity contribution in [2.75, 3.05) is 53.7 Å². The Hall–Kier alpha value is 0.0700. The molecule has 1 unspecified atom stereocenters. The van der Waals surface area contributed by atoms with E-state index in [1.807, 2.05) is 19.0 Å². The van der Waals surface area contributed by atoms with E-state index in [0.29, 0.717) is 12.8 Å². The first-order valence-corrected chi connectivity index (χ1v) is 14.8. The third kappa shape index (κ3) is 23.0. The summed E-state index contributed by atoms with van der Waals surface area (Å²) < 4.78 is 28.8. The maximum Gasteiger partial charge on any atom is 0.330 e. The topological polar surface area (TPSA) is 48.0 Å². The fourth-order valence-electron chi connectivity index (χ4n) is 3.58. The molecule has 0 saturated heterocycles. The molecule has 0 saturated carbocycles. The Labute approximate surface area is 194 Å². The summed E-state index contributed by atoms with van der Waals surface area (Å²) >= 11 is 0. The smallest absolute Gasteiger partial charge is 0.330 e. The van der Waals surface area contributed by atoms with Crippen molar-refractivity contribution in [2.24, 2.45) is 0 Å². The van der Waals surface area contributed by atoms with Gasteiger partial charge < -0.3 is 18.7 Å². The molecule has 1 atom stereocenters. The maximum absolute atomic E-state index is 12.4. The predicted molar refractivity (Wildman–Crippen MR) is 134 cm³/mol. The first-order chi connectivity index (χ1) is 15.0. The molecule has 0 bridgehead atoms. The lowest BCUT2D eigenvalue weighted by atomic mass is 10.0. The molecule has 0 spiro atoms. The SMILES string of the molecule is CCCCCCCCCCCCCCCCOCCCCP(=O)(OC)OCCN(C)C. The maximum atomic E-state index is 12.4. The molecule has 31 heavy (non-hydrogen) atoms. The number of hydrogen-bond donors (Lipinski definition) is 0. The highest BCUT2D eigenvalue weighted by atomic mass is 31.2. The Morgan fingerprint density at radius 2 is 1.10 bits per heavy atom. The van der Waals surface area contributed by atoms with Gasteiger partial charge in [-0.2, -0.15) is 0 Å². The zero-order valence-corrected chi connectivity index (χ0v) is 22.3. The summed E-state index contributed by atoms with van der Waals surface area (Å²) in [6.45, 7) is 5.05.